The average Bonchev–Trinajstić information content (AvgIpc) is 0.927. The van der Waals surface area contributed by atoms with Crippen LogP contribution in [0.2, 0.25) is 0 Å². The van der Waals surface area contributed by atoms with Crippen molar-refractivity contribution in [3.05, 3.63) is 0 Å². The summed E-state index contributed by atoms with van der Waals surface area (Å²) in [6.07, 6.45) is 57.1. The van der Waals surface area contributed by atoms with Gasteiger partial charge in [-0.15, -0.1) is 0 Å². The maximum absolute atomic E-state index is 13.1. The van der Waals surface area contributed by atoms with E-state index in [1.807, 2.05) is 0 Å². The van der Waals surface area contributed by atoms with Crippen LogP contribution < -0.4 is 0 Å². The normalized spacial score (nSPS) is 14.3. The molecule has 0 radical (unpaired) electrons. The van der Waals surface area contributed by atoms with Gasteiger partial charge in [-0.1, -0.05) is 364 Å². The largest absolute Gasteiger partial charge is 0.472 e. The molecule has 0 aromatic rings. The highest BCUT2D eigenvalue weighted by molar-refractivity contribution is 7.47. The van der Waals surface area contributed by atoms with Crippen molar-refractivity contribution >= 4 is 39.5 Å². The molecule has 0 aliphatic heterocycles. The van der Waals surface area contributed by atoms with Gasteiger partial charge in [0.05, 0.1) is 26.4 Å². The summed E-state index contributed by atoms with van der Waals surface area (Å²) in [6.45, 7) is 14.2. The predicted molar refractivity (Wildman–Crippen MR) is 409 cm³/mol. The second-order valence-electron chi connectivity index (χ2n) is 30.8. The number of hydrogen-bond donors (Lipinski definition) is 3. The monoisotopic (exact) mass is 1470 g/mol. The van der Waals surface area contributed by atoms with Crippen molar-refractivity contribution in [3.8, 4) is 0 Å². The van der Waals surface area contributed by atoms with Crippen LogP contribution in [0.4, 0.5) is 0 Å². The number of phosphoric acid groups is 2. The van der Waals surface area contributed by atoms with E-state index in [0.717, 1.165) is 114 Å². The second kappa shape index (κ2) is 70.1. The maximum Gasteiger partial charge on any atom is 0.472 e. The number of carbonyl (C=O) groups is 4. The summed E-state index contributed by atoms with van der Waals surface area (Å²) >= 11 is 0. The van der Waals surface area contributed by atoms with Crippen molar-refractivity contribution in [2.45, 2.75) is 433 Å². The highest BCUT2D eigenvalue weighted by Crippen LogP contribution is 2.45. The molecule has 17 nitrogen and oxygen atoms in total. The lowest BCUT2D eigenvalue weighted by atomic mass is 9.99. The van der Waals surface area contributed by atoms with Crippen molar-refractivity contribution in [2.75, 3.05) is 39.6 Å². The van der Waals surface area contributed by atoms with Crippen molar-refractivity contribution in [1.82, 2.24) is 0 Å². The number of unbranched alkanes of at least 4 members (excludes halogenated alkanes) is 43. The summed E-state index contributed by atoms with van der Waals surface area (Å²) in [5.74, 6) is 0.981. The second-order valence-corrected chi connectivity index (χ2v) is 33.7. The first kappa shape index (κ1) is 98.1. The summed E-state index contributed by atoms with van der Waals surface area (Å²) in [5.41, 5.74) is 0. The predicted octanol–water partition coefficient (Wildman–Crippen LogP) is 24.0. The molecule has 0 spiro atoms. The van der Waals surface area contributed by atoms with Crippen LogP contribution in [0.25, 0.3) is 0 Å². The highest BCUT2D eigenvalue weighted by atomic mass is 31.2. The maximum atomic E-state index is 13.1. The van der Waals surface area contributed by atoms with E-state index in [9.17, 15) is 43.2 Å². The minimum Gasteiger partial charge on any atom is -0.462 e. The quantitative estimate of drug-likeness (QED) is 0.0222. The lowest BCUT2D eigenvalue weighted by molar-refractivity contribution is -0.161. The van der Waals surface area contributed by atoms with Gasteiger partial charge in [-0.05, 0) is 49.4 Å². The van der Waals surface area contributed by atoms with Crippen LogP contribution in [0, 0.1) is 23.7 Å². The summed E-state index contributed by atoms with van der Waals surface area (Å²) in [5, 5.41) is 10.6. The van der Waals surface area contributed by atoms with Crippen LogP contribution in [-0.2, 0) is 65.4 Å². The van der Waals surface area contributed by atoms with E-state index in [4.69, 9.17) is 37.0 Å². The molecule has 3 N–H and O–H groups in total. The molecule has 0 saturated heterocycles. The average molecular weight is 1470 g/mol. The Labute approximate surface area is 613 Å². The fourth-order valence-corrected chi connectivity index (χ4v) is 14.0. The molecule has 0 aliphatic carbocycles. The topological polar surface area (TPSA) is 237 Å². The van der Waals surface area contributed by atoms with Crippen molar-refractivity contribution in [2.24, 2.45) is 23.7 Å². The van der Waals surface area contributed by atoms with E-state index in [2.05, 4.69) is 55.4 Å². The molecule has 0 aliphatic rings. The van der Waals surface area contributed by atoms with Crippen LogP contribution in [0.3, 0.4) is 0 Å². The van der Waals surface area contributed by atoms with E-state index in [-0.39, 0.29) is 25.7 Å². The van der Waals surface area contributed by atoms with Crippen LogP contribution >= 0.6 is 15.6 Å². The van der Waals surface area contributed by atoms with Crippen molar-refractivity contribution in [1.29, 1.82) is 0 Å². The van der Waals surface area contributed by atoms with E-state index in [0.29, 0.717) is 31.6 Å². The summed E-state index contributed by atoms with van der Waals surface area (Å²) in [4.78, 5) is 73.0. The zero-order chi connectivity index (χ0) is 73.8. The minimum absolute atomic E-state index is 0.107. The number of hydrogen-bond acceptors (Lipinski definition) is 15. The van der Waals surface area contributed by atoms with E-state index in [1.165, 1.54) is 212 Å². The highest BCUT2D eigenvalue weighted by Gasteiger charge is 2.30. The van der Waals surface area contributed by atoms with E-state index >= 15 is 0 Å². The fourth-order valence-electron chi connectivity index (χ4n) is 12.4. The number of phosphoric ester groups is 2. The van der Waals surface area contributed by atoms with Crippen molar-refractivity contribution < 1.29 is 80.2 Å². The molecule has 6 atom stereocenters. The Hall–Kier alpha value is -1.94. The molecular weight excluding hydrogens is 1310 g/mol. The third-order valence-corrected chi connectivity index (χ3v) is 21.1. The van der Waals surface area contributed by atoms with Gasteiger partial charge in [-0.2, -0.15) is 0 Å². The molecular formula is C81H158O17P2. The first-order valence-corrected chi connectivity index (χ1v) is 44.7. The third-order valence-electron chi connectivity index (χ3n) is 19.2. The van der Waals surface area contributed by atoms with Gasteiger partial charge in [0.15, 0.2) is 12.2 Å². The molecule has 0 saturated carbocycles. The molecule has 0 bridgehead atoms. The summed E-state index contributed by atoms with van der Waals surface area (Å²) in [7, 11) is -9.92. The zero-order valence-electron chi connectivity index (χ0n) is 65.8. The number of esters is 4. The smallest absolute Gasteiger partial charge is 0.462 e. The molecule has 594 valence electrons. The standard InChI is InChI=1S/C81H158O17P2/c1-9-74(8)60-52-44-36-27-23-19-16-17-21-25-29-39-48-56-64-80(85)97-76(67-91-78(83)61-53-45-37-31-30-34-42-50-58-72(4)5)69-95-99(87,88)93-65-75(82)66-94-100(89,90)96-70-77(68-92-79(84)62-54-46-40-32-35-43-51-59-73(6)7)98-81(86)63-55-47-38-28-24-20-15-13-11-10-12-14-18-22-26-33-41-49-57-71(2)3/h71-77,82H,9-70H2,1-8H3,(H,87,88)(H,89,90)/t74?,75?,76-,77-/m1/s1. The van der Waals surface area contributed by atoms with Gasteiger partial charge in [-0.25, -0.2) is 9.13 Å². The van der Waals surface area contributed by atoms with E-state index < -0.39 is 97.5 Å². The summed E-state index contributed by atoms with van der Waals surface area (Å²) in [6, 6.07) is 0. The number of carbonyl (C=O) groups excluding carboxylic acids is 4. The molecule has 19 heteroatoms. The molecule has 0 aromatic heterocycles. The van der Waals surface area contributed by atoms with Crippen LogP contribution in [0.1, 0.15) is 415 Å². The Balaban J connectivity index is 5.18. The van der Waals surface area contributed by atoms with Crippen LogP contribution in [0.15, 0.2) is 0 Å². The Kier molecular flexibility index (Phi) is 68.7. The van der Waals surface area contributed by atoms with Crippen LogP contribution in [0.5, 0.6) is 0 Å². The van der Waals surface area contributed by atoms with Crippen molar-refractivity contribution in [3.63, 3.8) is 0 Å². The Bertz CT molecular complexity index is 1960. The number of aliphatic hydroxyl groups excluding tert-OH is 1. The van der Waals surface area contributed by atoms with Gasteiger partial charge < -0.3 is 33.8 Å². The van der Waals surface area contributed by atoms with E-state index in [1.54, 1.807) is 0 Å². The Morgan fingerprint density at radius 1 is 0.280 bits per heavy atom. The van der Waals surface area contributed by atoms with Crippen LogP contribution in [-0.4, -0.2) is 96.7 Å². The number of ether oxygens (including phenoxy) is 4. The molecule has 0 amide bonds. The first-order valence-electron chi connectivity index (χ1n) is 41.7. The van der Waals surface area contributed by atoms with Gasteiger partial charge in [0.1, 0.15) is 19.3 Å². The lowest BCUT2D eigenvalue weighted by Gasteiger charge is -2.21. The molecule has 4 unspecified atom stereocenters. The number of aliphatic hydroxyl groups is 1. The number of rotatable bonds is 78. The Morgan fingerprint density at radius 3 is 0.710 bits per heavy atom. The van der Waals surface area contributed by atoms with Gasteiger partial charge >= 0.3 is 39.5 Å². The molecule has 0 heterocycles. The summed E-state index contributed by atoms with van der Waals surface area (Å²) < 4.78 is 68.7. The molecule has 0 aromatic carbocycles. The fraction of sp³-hybridized carbons (Fsp3) is 0.951. The zero-order valence-corrected chi connectivity index (χ0v) is 67.6. The Morgan fingerprint density at radius 2 is 0.480 bits per heavy atom. The first-order chi connectivity index (χ1) is 48.1. The third kappa shape index (κ3) is 73.0. The van der Waals surface area contributed by atoms with Gasteiger partial charge in [0.25, 0.3) is 0 Å². The minimum atomic E-state index is -4.96. The van der Waals surface area contributed by atoms with Gasteiger partial charge in [0, 0.05) is 25.7 Å². The molecule has 100 heavy (non-hydrogen) atoms. The lowest BCUT2D eigenvalue weighted by Crippen LogP contribution is -2.30. The molecule has 0 fully saturated rings. The SMILES string of the molecule is CCC(C)CCCCCCCCCCCCCCCCC(=O)O[C@H](COC(=O)CCCCCCCCCCC(C)C)COP(=O)(O)OCC(O)COP(=O)(O)OC[C@@H](COC(=O)CCCCCCCCCC(C)C)OC(=O)CCCCCCCCCCCCCCCCCCCCC(C)C. The molecule has 0 rings (SSSR count). The van der Waals surface area contributed by atoms with Gasteiger partial charge in [-0.3, -0.25) is 37.3 Å². The van der Waals surface area contributed by atoms with Gasteiger partial charge in [0.2, 0.25) is 0 Å².